The Labute approximate surface area is 179 Å². The predicted molar refractivity (Wildman–Crippen MR) is 118 cm³/mol. The van der Waals surface area contributed by atoms with E-state index in [1.165, 1.54) is 4.68 Å². The van der Waals surface area contributed by atoms with Gasteiger partial charge in [0.15, 0.2) is 0 Å². The first-order chi connectivity index (χ1) is 15.1. The zero-order valence-electron chi connectivity index (χ0n) is 17.4. The molecule has 4 aromatic rings. The van der Waals surface area contributed by atoms with Crippen LogP contribution in [0, 0.1) is 6.92 Å². The number of fused-ring (bicyclic) bond motifs is 2. The molecule has 1 aliphatic heterocycles. The van der Waals surface area contributed by atoms with Crippen LogP contribution in [0.5, 0.6) is 0 Å². The highest BCUT2D eigenvalue weighted by molar-refractivity contribution is 5.94. The number of aryl methyl sites for hydroxylation is 2. The Morgan fingerprint density at radius 1 is 1.10 bits per heavy atom. The van der Waals surface area contributed by atoms with Crippen LogP contribution in [0.4, 0.5) is 5.82 Å². The van der Waals surface area contributed by atoms with E-state index < -0.39 is 0 Å². The summed E-state index contributed by atoms with van der Waals surface area (Å²) < 4.78 is 4.85. The molecule has 4 heterocycles. The van der Waals surface area contributed by atoms with Gasteiger partial charge in [-0.25, -0.2) is 14.5 Å². The van der Waals surface area contributed by atoms with E-state index in [4.69, 9.17) is 4.98 Å². The van der Waals surface area contributed by atoms with E-state index >= 15 is 0 Å². The lowest BCUT2D eigenvalue weighted by Gasteiger charge is -2.08. The molecule has 8 nitrogen and oxygen atoms in total. The van der Waals surface area contributed by atoms with Crippen molar-refractivity contribution in [3.05, 3.63) is 70.5 Å². The molecule has 0 unspecified atom stereocenters. The third kappa shape index (κ3) is 3.65. The number of anilines is 1. The van der Waals surface area contributed by atoms with E-state index in [2.05, 4.69) is 10.4 Å². The molecule has 3 aromatic heterocycles. The molecule has 31 heavy (non-hydrogen) atoms. The Bertz CT molecular complexity index is 1320. The summed E-state index contributed by atoms with van der Waals surface area (Å²) in [5.74, 6) is 1.05. The third-order valence-corrected chi connectivity index (χ3v) is 5.65. The number of aromatic nitrogens is 5. The Balaban J connectivity index is 1.48. The summed E-state index contributed by atoms with van der Waals surface area (Å²) in [6, 6.07) is 13.6. The quantitative estimate of drug-likeness (QED) is 0.554. The van der Waals surface area contributed by atoms with Crippen molar-refractivity contribution < 1.29 is 4.79 Å². The maximum Gasteiger partial charge on any atom is 0.346 e. The van der Waals surface area contributed by atoms with Crippen molar-refractivity contribution in [3.63, 3.8) is 0 Å². The van der Waals surface area contributed by atoms with Crippen molar-refractivity contribution in [2.45, 2.75) is 45.7 Å². The van der Waals surface area contributed by atoms with E-state index in [-0.39, 0.29) is 18.1 Å². The number of nitrogens with one attached hydrogen (secondary N) is 1. The van der Waals surface area contributed by atoms with E-state index in [0.717, 1.165) is 48.3 Å². The fraction of sp³-hybridized carbons (Fsp3) is 0.304. The molecule has 0 bridgehead atoms. The number of benzene rings is 1. The van der Waals surface area contributed by atoms with Crippen molar-refractivity contribution in [3.8, 4) is 11.3 Å². The molecule has 1 N–H and O–H groups in total. The van der Waals surface area contributed by atoms with Crippen LogP contribution in [-0.4, -0.2) is 29.6 Å². The predicted octanol–water partition coefficient (Wildman–Crippen LogP) is 3.03. The van der Waals surface area contributed by atoms with Crippen molar-refractivity contribution in [2.75, 3.05) is 5.32 Å². The fourth-order valence-corrected chi connectivity index (χ4v) is 4.10. The lowest BCUT2D eigenvalue weighted by atomic mass is 10.1. The van der Waals surface area contributed by atoms with Gasteiger partial charge in [-0.3, -0.25) is 13.8 Å². The number of carbonyl (C=O) groups excluding carboxylic acids is 1. The van der Waals surface area contributed by atoms with Crippen LogP contribution in [0.1, 0.15) is 30.7 Å². The number of pyridine rings is 1. The molecule has 0 saturated heterocycles. The SMILES string of the molecule is Cc1ccc2nc(-c3ccccc3)c(NC(=O)Cn3nc4n(c3=O)CCCCC4)n2c1. The number of amides is 1. The van der Waals surface area contributed by atoms with Crippen LogP contribution in [0.15, 0.2) is 53.5 Å². The highest BCUT2D eigenvalue weighted by atomic mass is 16.2. The second-order valence-corrected chi connectivity index (χ2v) is 7.98. The minimum Gasteiger partial charge on any atom is -0.308 e. The van der Waals surface area contributed by atoms with Crippen molar-refractivity contribution in [1.82, 2.24) is 23.7 Å². The standard InChI is InChI=1S/C23H24N6O2/c1-16-11-12-18-24-21(17-8-4-2-5-9-17)22(28(18)14-16)25-20(30)15-29-23(31)27-13-7-3-6-10-19(27)26-29/h2,4-5,8-9,11-12,14H,3,6-7,10,13,15H2,1H3,(H,25,30). The highest BCUT2D eigenvalue weighted by Gasteiger charge is 2.20. The summed E-state index contributed by atoms with van der Waals surface area (Å²) >= 11 is 0. The topological polar surface area (TPSA) is 86.2 Å². The monoisotopic (exact) mass is 416 g/mol. The Morgan fingerprint density at radius 3 is 2.77 bits per heavy atom. The van der Waals surface area contributed by atoms with Crippen molar-refractivity contribution >= 4 is 17.4 Å². The summed E-state index contributed by atoms with van der Waals surface area (Å²) in [4.78, 5) is 30.4. The number of carbonyl (C=O) groups is 1. The molecule has 0 radical (unpaired) electrons. The molecular formula is C23H24N6O2. The maximum atomic E-state index is 13.0. The summed E-state index contributed by atoms with van der Waals surface area (Å²) in [6.07, 6.45) is 5.79. The smallest absolute Gasteiger partial charge is 0.308 e. The van der Waals surface area contributed by atoms with E-state index in [0.29, 0.717) is 18.1 Å². The van der Waals surface area contributed by atoms with Crippen LogP contribution < -0.4 is 11.0 Å². The second kappa shape index (κ2) is 7.86. The molecule has 0 fully saturated rings. The van der Waals surface area contributed by atoms with E-state index in [9.17, 15) is 9.59 Å². The lowest BCUT2D eigenvalue weighted by Crippen LogP contribution is -2.30. The Morgan fingerprint density at radius 2 is 1.94 bits per heavy atom. The summed E-state index contributed by atoms with van der Waals surface area (Å²) in [7, 11) is 0. The first kappa shape index (κ1) is 19.3. The Kier molecular flexibility index (Phi) is 4.89. The first-order valence-electron chi connectivity index (χ1n) is 10.6. The normalized spacial score (nSPS) is 13.7. The number of hydrogen-bond acceptors (Lipinski definition) is 4. The average Bonchev–Trinajstić information content (AvgIpc) is 3.14. The van der Waals surface area contributed by atoms with Gasteiger partial charge in [-0.1, -0.05) is 42.8 Å². The van der Waals surface area contributed by atoms with Gasteiger partial charge in [-0.2, -0.15) is 5.10 Å². The molecule has 158 valence electrons. The van der Waals surface area contributed by atoms with Gasteiger partial charge < -0.3 is 5.32 Å². The van der Waals surface area contributed by atoms with E-state index in [1.54, 1.807) is 4.57 Å². The summed E-state index contributed by atoms with van der Waals surface area (Å²) in [5.41, 5.74) is 3.17. The average molecular weight is 416 g/mol. The number of rotatable bonds is 4. The zero-order chi connectivity index (χ0) is 21.4. The van der Waals surface area contributed by atoms with E-state index in [1.807, 2.05) is 60.0 Å². The molecule has 1 amide bonds. The van der Waals surface area contributed by atoms with Gasteiger partial charge in [0.1, 0.15) is 29.5 Å². The van der Waals surface area contributed by atoms with Crippen molar-refractivity contribution in [2.24, 2.45) is 0 Å². The minimum atomic E-state index is -0.309. The van der Waals surface area contributed by atoms with Crippen LogP contribution in [0.25, 0.3) is 16.9 Å². The maximum absolute atomic E-state index is 13.0. The second-order valence-electron chi connectivity index (χ2n) is 7.98. The highest BCUT2D eigenvalue weighted by Crippen LogP contribution is 2.29. The van der Waals surface area contributed by atoms with Gasteiger partial charge in [-0.15, -0.1) is 0 Å². The lowest BCUT2D eigenvalue weighted by molar-refractivity contribution is -0.117. The molecule has 1 aromatic carbocycles. The fourth-order valence-electron chi connectivity index (χ4n) is 4.10. The molecular weight excluding hydrogens is 392 g/mol. The van der Waals surface area contributed by atoms with Crippen LogP contribution >= 0.6 is 0 Å². The molecule has 8 heteroatoms. The largest absolute Gasteiger partial charge is 0.346 e. The van der Waals surface area contributed by atoms with Crippen molar-refractivity contribution in [1.29, 1.82) is 0 Å². The number of imidazole rings is 1. The zero-order valence-corrected chi connectivity index (χ0v) is 17.4. The van der Waals surface area contributed by atoms with Gasteiger partial charge in [0.05, 0.1) is 0 Å². The number of hydrogen-bond donors (Lipinski definition) is 1. The van der Waals surface area contributed by atoms with Crippen LogP contribution in [0.3, 0.4) is 0 Å². The molecule has 0 spiro atoms. The molecule has 0 saturated carbocycles. The molecule has 0 aliphatic carbocycles. The summed E-state index contributed by atoms with van der Waals surface area (Å²) in [6.45, 7) is 2.53. The van der Waals surface area contributed by atoms with Gasteiger partial charge in [-0.05, 0) is 31.4 Å². The minimum absolute atomic E-state index is 0.133. The van der Waals surface area contributed by atoms with Gasteiger partial charge >= 0.3 is 5.69 Å². The van der Waals surface area contributed by atoms with Crippen LogP contribution in [0.2, 0.25) is 0 Å². The molecule has 5 rings (SSSR count). The van der Waals surface area contributed by atoms with Crippen LogP contribution in [-0.2, 0) is 24.3 Å². The Hall–Kier alpha value is -3.68. The molecule has 0 atom stereocenters. The van der Waals surface area contributed by atoms with Gasteiger partial charge in [0.2, 0.25) is 5.91 Å². The first-order valence-corrected chi connectivity index (χ1v) is 10.6. The number of nitrogens with zero attached hydrogens (tertiary/aromatic N) is 5. The van der Waals surface area contributed by atoms with Gasteiger partial charge in [0.25, 0.3) is 0 Å². The van der Waals surface area contributed by atoms with Gasteiger partial charge in [0, 0.05) is 24.7 Å². The molecule has 1 aliphatic rings. The third-order valence-electron chi connectivity index (χ3n) is 5.65. The summed E-state index contributed by atoms with van der Waals surface area (Å²) in [5, 5.41) is 7.40.